The van der Waals surface area contributed by atoms with Crippen molar-refractivity contribution in [1.29, 1.82) is 0 Å². The quantitative estimate of drug-likeness (QED) is 0.697. The molecule has 8 heteroatoms. The first kappa shape index (κ1) is 17.0. The number of ether oxygens (including phenoxy) is 2. The fourth-order valence-electron chi connectivity index (χ4n) is 2.24. The summed E-state index contributed by atoms with van der Waals surface area (Å²) in [6.45, 7) is 0. The zero-order chi connectivity index (χ0) is 17.8. The summed E-state index contributed by atoms with van der Waals surface area (Å²) in [6, 6.07) is 12.4. The average Bonchev–Trinajstić information content (AvgIpc) is 3.09. The van der Waals surface area contributed by atoms with E-state index in [2.05, 4.69) is 31.4 Å². The molecule has 1 aromatic heterocycles. The molecule has 1 N–H and O–H groups in total. The number of halogens is 1. The Morgan fingerprint density at radius 3 is 2.64 bits per heavy atom. The third-order valence-corrected chi connectivity index (χ3v) is 3.86. The number of benzene rings is 2. The Bertz CT molecular complexity index is 910. The molecule has 25 heavy (non-hydrogen) atoms. The van der Waals surface area contributed by atoms with Gasteiger partial charge in [0.05, 0.1) is 19.8 Å². The Kier molecular flexibility index (Phi) is 4.99. The highest BCUT2D eigenvalue weighted by molar-refractivity contribution is 9.10. The second-order valence-electron chi connectivity index (χ2n) is 4.92. The molecular formula is C17H14BrN3O4. The van der Waals surface area contributed by atoms with E-state index in [1.54, 1.807) is 18.2 Å². The molecule has 0 saturated heterocycles. The van der Waals surface area contributed by atoms with Gasteiger partial charge in [-0.05, 0) is 30.3 Å². The van der Waals surface area contributed by atoms with Crippen LogP contribution in [0, 0.1) is 0 Å². The van der Waals surface area contributed by atoms with E-state index in [1.807, 2.05) is 24.3 Å². The molecule has 3 rings (SSSR count). The summed E-state index contributed by atoms with van der Waals surface area (Å²) < 4.78 is 16.8. The molecule has 0 bridgehead atoms. The molecule has 0 fully saturated rings. The van der Waals surface area contributed by atoms with Gasteiger partial charge in [-0.25, -0.2) is 0 Å². The normalized spacial score (nSPS) is 10.4. The Morgan fingerprint density at radius 1 is 1.12 bits per heavy atom. The minimum Gasteiger partial charge on any atom is -0.493 e. The Balaban J connectivity index is 1.83. The number of aromatic nitrogens is 2. The highest BCUT2D eigenvalue weighted by atomic mass is 79.9. The van der Waals surface area contributed by atoms with Gasteiger partial charge in [0.2, 0.25) is 5.89 Å². The van der Waals surface area contributed by atoms with Crippen LogP contribution in [0.5, 0.6) is 11.5 Å². The second kappa shape index (κ2) is 7.35. The molecule has 0 spiro atoms. The van der Waals surface area contributed by atoms with Crippen LogP contribution >= 0.6 is 15.9 Å². The van der Waals surface area contributed by atoms with Crippen LogP contribution in [0.1, 0.15) is 10.4 Å². The lowest BCUT2D eigenvalue weighted by molar-refractivity contribution is 0.102. The number of hydrogen-bond acceptors (Lipinski definition) is 6. The van der Waals surface area contributed by atoms with Crippen LogP contribution in [0.4, 0.5) is 6.01 Å². The van der Waals surface area contributed by atoms with Crippen LogP contribution in [0.15, 0.2) is 51.4 Å². The van der Waals surface area contributed by atoms with Gasteiger partial charge < -0.3 is 13.9 Å². The van der Waals surface area contributed by atoms with Gasteiger partial charge in [0, 0.05) is 10.0 Å². The summed E-state index contributed by atoms with van der Waals surface area (Å²) in [5.74, 6) is 0.638. The number of carbonyl (C=O) groups is 1. The lowest BCUT2D eigenvalue weighted by Gasteiger charge is -2.11. The van der Waals surface area contributed by atoms with Gasteiger partial charge in [-0.3, -0.25) is 10.1 Å². The molecule has 128 valence electrons. The summed E-state index contributed by atoms with van der Waals surface area (Å²) in [5, 5.41) is 10.4. The van der Waals surface area contributed by atoms with Crippen LogP contribution in [-0.2, 0) is 0 Å². The zero-order valence-corrected chi connectivity index (χ0v) is 15.0. The summed E-state index contributed by atoms with van der Waals surface area (Å²) in [6.07, 6.45) is 0. The highest BCUT2D eigenvalue weighted by Gasteiger charge is 2.19. The maximum absolute atomic E-state index is 12.5. The van der Waals surface area contributed by atoms with Crippen molar-refractivity contribution >= 4 is 27.9 Å². The van der Waals surface area contributed by atoms with E-state index in [9.17, 15) is 4.79 Å². The predicted molar refractivity (Wildman–Crippen MR) is 94.9 cm³/mol. The van der Waals surface area contributed by atoms with E-state index in [0.29, 0.717) is 23.0 Å². The Hall–Kier alpha value is -2.87. The molecule has 0 aliphatic heterocycles. The maximum atomic E-state index is 12.5. The first-order chi connectivity index (χ1) is 12.1. The monoisotopic (exact) mass is 403 g/mol. The van der Waals surface area contributed by atoms with Crippen LogP contribution in [0.25, 0.3) is 11.5 Å². The molecule has 1 heterocycles. The van der Waals surface area contributed by atoms with Gasteiger partial charge >= 0.3 is 6.01 Å². The van der Waals surface area contributed by atoms with Crippen molar-refractivity contribution in [2.24, 2.45) is 0 Å². The molecule has 0 radical (unpaired) electrons. The summed E-state index contributed by atoms with van der Waals surface area (Å²) in [7, 11) is 2.97. The molecule has 0 aliphatic carbocycles. The van der Waals surface area contributed by atoms with Gasteiger partial charge in [-0.1, -0.05) is 33.2 Å². The minimum atomic E-state index is -0.444. The van der Waals surface area contributed by atoms with Crippen molar-refractivity contribution in [3.63, 3.8) is 0 Å². The van der Waals surface area contributed by atoms with E-state index >= 15 is 0 Å². The van der Waals surface area contributed by atoms with E-state index in [4.69, 9.17) is 13.9 Å². The molecule has 2 aromatic carbocycles. The van der Waals surface area contributed by atoms with E-state index in [1.165, 1.54) is 14.2 Å². The number of nitrogens with zero attached hydrogens (tertiary/aromatic N) is 2. The van der Waals surface area contributed by atoms with Crippen molar-refractivity contribution in [3.05, 3.63) is 52.5 Å². The van der Waals surface area contributed by atoms with Crippen LogP contribution in [0.3, 0.4) is 0 Å². The van der Waals surface area contributed by atoms with E-state index in [0.717, 1.165) is 10.0 Å². The smallest absolute Gasteiger partial charge is 0.322 e. The lowest BCUT2D eigenvalue weighted by atomic mass is 10.1. The summed E-state index contributed by atoms with van der Waals surface area (Å²) in [4.78, 5) is 12.5. The lowest BCUT2D eigenvalue weighted by Crippen LogP contribution is -2.13. The summed E-state index contributed by atoms with van der Waals surface area (Å²) >= 11 is 3.38. The summed E-state index contributed by atoms with van der Waals surface area (Å²) in [5.41, 5.74) is 1.03. The van der Waals surface area contributed by atoms with Crippen molar-refractivity contribution in [2.45, 2.75) is 0 Å². The molecule has 1 amide bonds. The zero-order valence-electron chi connectivity index (χ0n) is 13.4. The van der Waals surface area contributed by atoms with Crippen LogP contribution < -0.4 is 14.8 Å². The average molecular weight is 404 g/mol. The largest absolute Gasteiger partial charge is 0.493 e. The first-order valence-electron chi connectivity index (χ1n) is 7.24. The van der Waals surface area contributed by atoms with Gasteiger partial charge in [0.15, 0.2) is 11.5 Å². The molecule has 0 unspecified atom stereocenters. The number of amides is 1. The van der Waals surface area contributed by atoms with Crippen molar-refractivity contribution in [3.8, 4) is 23.0 Å². The van der Waals surface area contributed by atoms with E-state index in [-0.39, 0.29) is 6.01 Å². The third-order valence-electron chi connectivity index (χ3n) is 3.36. The molecule has 0 atom stereocenters. The maximum Gasteiger partial charge on any atom is 0.322 e. The first-order valence-corrected chi connectivity index (χ1v) is 8.03. The standard InChI is InChI=1S/C17H14BrN3O4/c1-23-13-8-4-7-12(14(13)24-2)15(22)19-17-21-20-16(25-17)10-5-3-6-11(18)9-10/h3-9H,1-2H3,(H,19,21,22). The van der Waals surface area contributed by atoms with Gasteiger partial charge in [0.1, 0.15) is 0 Å². The number of nitrogens with one attached hydrogen (secondary N) is 1. The molecule has 7 nitrogen and oxygen atoms in total. The van der Waals surface area contributed by atoms with Gasteiger partial charge in [-0.2, -0.15) is 0 Å². The van der Waals surface area contributed by atoms with Crippen LogP contribution in [-0.4, -0.2) is 30.3 Å². The number of methoxy groups -OCH3 is 2. The fraction of sp³-hybridized carbons (Fsp3) is 0.118. The SMILES string of the molecule is COc1cccc(C(=O)Nc2nnc(-c3cccc(Br)c3)o2)c1OC. The molecule has 0 aliphatic rings. The number of rotatable bonds is 5. The van der Waals surface area contributed by atoms with Crippen LogP contribution in [0.2, 0.25) is 0 Å². The number of para-hydroxylation sites is 1. The fourth-order valence-corrected chi connectivity index (χ4v) is 2.64. The van der Waals surface area contributed by atoms with Crippen molar-refractivity contribution in [1.82, 2.24) is 10.2 Å². The predicted octanol–water partition coefficient (Wildman–Crippen LogP) is 3.77. The third kappa shape index (κ3) is 3.63. The number of anilines is 1. The Morgan fingerprint density at radius 2 is 1.92 bits per heavy atom. The second-order valence-corrected chi connectivity index (χ2v) is 5.83. The van der Waals surface area contributed by atoms with Crippen molar-refractivity contribution < 1.29 is 18.7 Å². The molecular weight excluding hydrogens is 390 g/mol. The van der Waals surface area contributed by atoms with Crippen molar-refractivity contribution in [2.75, 3.05) is 19.5 Å². The Labute approximate surface area is 152 Å². The van der Waals surface area contributed by atoms with Gasteiger partial charge in [0.25, 0.3) is 5.91 Å². The topological polar surface area (TPSA) is 86.5 Å². The molecule has 3 aromatic rings. The van der Waals surface area contributed by atoms with E-state index < -0.39 is 5.91 Å². The minimum absolute atomic E-state index is 0.00940. The highest BCUT2D eigenvalue weighted by Crippen LogP contribution is 2.31. The molecule has 0 saturated carbocycles. The number of hydrogen-bond donors (Lipinski definition) is 1. The number of carbonyl (C=O) groups excluding carboxylic acids is 1. The van der Waals surface area contributed by atoms with Gasteiger partial charge in [-0.15, -0.1) is 5.10 Å².